The van der Waals surface area contributed by atoms with Gasteiger partial charge >= 0.3 is 7.12 Å². The summed E-state index contributed by atoms with van der Waals surface area (Å²) in [6, 6.07) is 15.1. The van der Waals surface area contributed by atoms with Crippen LogP contribution in [-0.4, -0.2) is 133 Å². The molecule has 3 saturated heterocycles. The average molecular weight is 1180 g/mol. The summed E-state index contributed by atoms with van der Waals surface area (Å²) in [5.74, 6) is 3.84. The second-order valence-corrected chi connectivity index (χ2v) is 34.0. The maximum absolute atomic E-state index is 13.3. The summed E-state index contributed by atoms with van der Waals surface area (Å²) in [6.07, 6.45) is 9.24. The van der Waals surface area contributed by atoms with Crippen molar-refractivity contribution in [3.05, 3.63) is 121 Å². The van der Waals surface area contributed by atoms with Gasteiger partial charge in [-0.1, -0.05) is 83.9 Å². The molecule has 2 amide bonds. The van der Waals surface area contributed by atoms with Crippen LogP contribution in [-0.2, 0) is 40.8 Å². The Bertz CT molecular complexity index is 2830. The maximum Gasteiger partial charge on any atom is 0.486 e. The number of hydrogen-bond acceptors (Lipinski definition) is 14. The van der Waals surface area contributed by atoms with Gasteiger partial charge in [-0.2, -0.15) is 0 Å². The van der Waals surface area contributed by atoms with E-state index in [0.29, 0.717) is 62.8 Å². The van der Waals surface area contributed by atoms with E-state index in [1.54, 1.807) is 45.5 Å². The molecule has 3 aliphatic heterocycles. The molecule has 0 saturated carbocycles. The molecule has 2 aromatic carbocycles. The fraction of sp³-hybridized carbons (Fsp3) is 0.536. The molecule has 78 heavy (non-hydrogen) atoms. The monoisotopic (exact) mass is 1170 g/mol. The van der Waals surface area contributed by atoms with E-state index >= 15 is 0 Å². The first-order chi connectivity index (χ1) is 36.3. The SMILES string of the molecule is CC1(C)OB(/C=C/CO[Si](C)(C)C(C)(C)C)OC1(C)C.COc1ccc(Cn2cc(/C=C/CO[Si](C)(C)C(C)(C)C)nc(N3CCNC(=O)C3)c2=O)cc1.COc1ccc(Cn2cc(Br)nc(N3CCNC(=O)C3)c2=O)cc1. The van der Waals surface area contributed by atoms with Gasteiger partial charge in [0.1, 0.15) is 16.1 Å². The number of nitrogens with one attached hydrogen (secondary N) is 2. The Morgan fingerprint density at radius 1 is 0.654 bits per heavy atom. The first-order valence-electron chi connectivity index (χ1n) is 26.5. The lowest BCUT2D eigenvalue weighted by atomic mass is 9.90. The van der Waals surface area contributed by atoms with Gasteiger partial charge in [0.05, 0.1) is 70.5 Å². The van der Waals surface area contributed by atoms with Crippen molar-refractivity contribution in [2.45, 2.75) is 130 Å². The third kappa shape index (κ3) is 17.6. The lowest BCUT2D eigenvalue weighted by Crippen LogP contribution is -2.50. The lowest BCUT2D eigenvalue weighted by Gasteiger charge is -2.35. The average Bonchev–Trinajstić information content (AvgIpc) is 3.62. The van der Waals surface area contributed by atoms with Gasteiger partial charge < -0.3 is 57.2 Å². The number of piperazine rings is 2. The maximum atomic E-state index is 13.3. The highest BCUT2D eigenvalue weighted by atomic mass is 79.9. The van der Waals surface area contributed by atoms with Gasteiger partial charge in [-0.25, -0.2) is 9.97 Å². The number of benzene rings is 2. The molecule has 2 N–H and O–H groups in total. The van der Waals surface area contributed by atoms with E-state index < -0.39 is 16.6 Å². The van der Waals surface area contributed by atoms with Gasteiger partial charge in [0.15, 0.2) is 28.3 Å². The number of carbonyl (C=O) groups excluding carboxylic acids is 2. The van der Waals surface area contributed by atoms with Gasteiger partial charge in [0.25, 0.3) is 11.1 Å². The molecule has 2 aromatic heterocycles. The molecule has 0 unspecified atom stereocenters. The Morgan fingerprint density at radius 3 is 1.47 bits per heavy atom. The molecular weight excluding hydrogens is 1090 g/mol. The van der Waals surface area contributed by atoms with Crippen LogP contribution in [0.4, 0.5) is 11.6 Å². The van der Waals surface area contributed by atoms with Gasteiger partial charge in [-0.15, -0.1) is 0 Å². The number of halogens is 1. The summed E-state index contributed by atoms with van der Waals surface area (Å²) in [5.41, 5.74) is 1.59. The van der Waals surface area contributed by atoms with E-state index in [1.807, 2.05) is 72.7 Å². The third-order valence-corrected chi connectivity index (χ3v) is 24.5. The van der Waals surface area contributed by atoms with Gasteiger partial charge in [0, 0.05) is 38.6 Å². The Balaban J connectivity index is 0.000000225. The van der Waals surface area contributed by atoms with Crippen molar-refractivity contribution < 1.29 is 37.2 Å². The van der Waals surface area contributed by atoms with Gasteiger partial charge in [-0.05, 0) is 121 Å². The molecule has 18 nitrogen and oxygen atoms in total. The minimum absolute atomic E-state index is 0.107. The number of hydrogen-bond donors (Lipinski definition) is 2. The summed E-state index contributed by atoms with van der Waals surface area (Å²) < 4.78 is 38.3. The second-order valence-electron chi connectivity index (χ2n) is 23.6. The van der Waals surface area contributed by atoms with E-state index in [1.165, 1.54) is 0 Å². The van der Waals surface area contributed by atoms with Crippen molar-refractivity contribution in [1.29, 1.82) is 0 Å². The van der Waals surface area contributed by atoms with Crippen LogP contribution in [0.1, 0.15) is 86.1 Å². The van der Waals surface area contributed by atoms with Gasteiger partial charge in [-0.3, -0.25) is 19.2 Å². The summed E-state index contributed by atoms with van der Waals surface area (Å²) in [6.45, 7) is 34.8. The number of ether oxygens (including phenoxy) is 2. The normalized spacial score (nSPS) is 16.8. The van der Waals surface area contributed by atoms with Crippen LogP contribution in [0.2, 0.25) is 36.3 Å². The highest BCUT2D eigenvalue weighted by Crippen LogP contribution is 2.39. The molecule has 3 fully saturated rings. The van der Waals surface area contributed by atoms with Crippen LogP contribution >= 0.6 is 15.9 Å². The molecule has 22 heteroatoms. The third-order valence-electron chi connectivity index (χ3n) is 15.1. The van der Waals surface area contributed by atoms with Crippen molar-refractivity contribution in [3.63, 3.8) is 0 Å². The smallest absolute Gasteiger partial charge is 0.486 e. The van der Waals surface area contributed by atoms with E-state index in [9.17, 15) is 19.2 Å². The predicted molar refractivity (Wildman–Crippen MR) is 320 cm³/mol. The van der Waals surface area contributed by atoms with Crippen molar-refractivity contribution >= 4 is 69.2 Å². The number of anilines is 2. The molecule has 426 valence electrons. The number of amides is 2. The number of aromatic nitrogens is 4. The first kappa shape index (κ1) is 63.5. The summed E-state index contributed by atoms with van der Waals surface area (Å²) in [4.78, 5) is 61.8. The minimum Gasteiger partial charge on any atom is -0.497 e. The van der Waals surface area contributed by atoms with Crippen molar-refractivity contribution in [3.8, 4) is 11.5 Å². The molecule has 0 radical (unpaired) electrons. The fourth-order valence-corrected chi connectivity index (χ4v) is 9.82. The number of methoxy groups -OCH3 is 2. The number of rotatable bonds is 16. The molecule has 0 bridgehead atoms. The van der Waals surface area contributed by atoms with Crippen LogP contribution in [0.5, 0.6) is 11.5 Å². The van der Waals surface area contributed by atoms with E-state index in [-0.39, 0.29) is 76.1 Å². The van der Waals surface area contributed by atoms with Crippen molar-refractivity contribution in [1.82, 2.24) is 29.7 Å². The molecule has 7 rings (SSSR count). The van der Waals surface area contributed by atoms with E-state index in [4.69, 9.17) is 27.6 Å². The Labute approximate surface area is 472 Å². The lowest BCUT2D eigenvalue weighted by molar-refractivity contribution is -0.121. The topological polar surface area (TPSA) is 190 Å². The van der Waals surface area contributed by atoms with Crippen LogP contribution in [0.25, 0.3) is 6.08 Å². The van der Waals surface area contributed by atoms with Crippen LogP contribution in [0.15, 0.2) is 93.2 Å². The van der Waals surface area contributed by atoms with Gasteiger partial charge in [0.2, 0.25) is 11.8 Å². The molecule has 0 atom stereocenters. The zero-order chi connectivity index (χ0) is 57.9. The first-order valence-corrected chi connectivity index (χ1v) is 33.1. The Morgan fingerprint density at radius 2 is 1.06 bits per heavy atom. The van der Waals surface area contributed by atoms with Crippen molar-refractivity contribution in [2.75, 3.05) is 76.5 Å². The largest absolute Gasteiger partial charge is 0.497 e. The zero-order valence-electron chi connectivity index (χ0n) is 48.9. The molecule has 0 spiro atoms. The minimum atomic E-state index is -1.86. The van der Waals surface area contributed by atoms with Crippen LogP contribution in [0.3, 0.4) is 0 Å². The molecule has 0 aliphatic carbocycles. The Kier molecular flexibility index (Phi) is 21.8. The van der Waals surface area contributed by atoms with E-state index in [2.05, 4.69) is 132 Å². The second kappa shape index (κ2) is 26.7. The zero-order valence-corrected chi connectivity index (χ0v) is 52.5. The van der Waals surface area contributed by atoms with Crippen LogP contribution in [0, 0.1) is 0 Å². The summed E-state index contributed by atoms with van der Waals surface area (Å²) in [7, 11) is -0.570. The highest BCUT2D eigenvalue weighted by Gasteiger charge is 2.50. The molecule has 5 heterocycles. The quantitative estimate of drug-likeness (QED) is 0.102. The van der Waals surface area contributed by atoms with Crippen LogP contribution < -0.4 is 41.0 Å². The summed E-state index contributed by atoms with van der Waals surface area (Å²) in [5, 5.41) is 5.91. The predicted octanol–water partition coefficient (Wildman–Crippen LogP) is 8.47. The standard InChI is InChI=1S/C25H36N4O4Si.C16H17BrN4O3.C15H31BO3Si/c1-25(2,3)34(5,6)33-15-7-8-20-17-29(16-19-9-11-21(32-4)12-10-19)24(31)23(27-20)28-14-13-26-22(30)18-28;1-24-12-4-2-11(3-5-12)8-21-9-13(17)19-15(16(21)23)20-7-6-18-14(22)10-20;1-13(2,3)20(8,9)17-12-10-11-16-18-14(4,5)15(6,7)19-16/h7-12,17H,13-16,18H2,1-6H3,(H,26,30);2-5,9H,6-8,10H2,1H3,(H,18,22);10-11H,12H2,1-9H3/b8-7+;;11-10+. The van der Waals surface area contributed by atoms with Crippen molar-refractivity contribution in [2.24, 2.45) is 0 Å². The highest BCUT2D eigenvalue weighted by molar-refractivity contribution is 9.10. The molecule has 4 aromatic rings. The number of carbonyl (C=O) groups is 2. The number of nitrogens with zero attached hydrogens (tertiary/aromatic N) is 6. The van der Waals surface area contributed by atoms with E-state index in [0.717, 1.165) is 22.6 Å². The summed E-state index contributed by atoms with van der Waals surface area (Å²) >= 11 is 3.35. The Hall–Kier alpha value is -5.36. The molecular formula is C56H84BBrN8O10Si2. The molecule has 3 aliphatic rings. The fourth-order valence-electron chi connectivity index (χ4n) is 7.51.